The van der Waals surface area contributed by atoms with Gasteiger partial charge in [0.25, 0.3) is 5.91 Å². The molecule has 138 valence electrons. The molecule has 0 spiro atoms. The first-order valence-corrected chi connectivity index (χ1v) is 8.77. The summed E-state index contributed by atoms with van der Waals surface area (Å²) in [6.07, 6.45) is 5.29. The molecule has 0 saturated carbocycles. The largest absolute Gasteiger partial charge is 0.497 e. The minimum Gasteiger partial charge on any atom is -0.497 e. The van der Waals surface area contributed by atoms with Crippen molar-refractivity contribution in [2.75, 3.05) is 33.4 Å². The lowest BCUT2D eigenvalue weighted by atomic mass is 10.2. The van der Waals surface area contributed by atoms with Gasteiger partial charge in [0, 0.05) is 31.0 Å². The fourth-order valence-corrected chi connectivity index (χ4v) is 2.97. The van der Waals surface area contributed by atoms with Crippen LogP contribution in [0.3, 0.4) is 0 Å². The molecular formula is C20H20N4O3. The molecule has 1 saturated heterocycles. The van der Waals surface area contributed by atoms with E-state index in [1.807, 2.05) is 42.6 Å². The smallest absolute Gasteiger partial charge is 0.255 e. The summed E-state index contributed by atoms with van der Waals surface area (Å²) in [6, 6.07) is 11.3. The average molecular weight is 364 g/mol. The summed E-state index contributed by atoms with van der Waals surface area (Å²) in [7, 11) is 1.64. The second kappa shape index (κ2) is 7.59. The van der Waals surface area contributed by atoms with Gasteiger partial charge in [-0.3, -0.25) is 9.78 Å². The zero-order valence-corrected chi connectivity index (χ0v) is 15.0. The molecule has 7 nitrogen and oxygen atoms in total. The molecule has 1 aromatic carbocycles. The predicted molar refractivity (Wildman–Crippen MR) is 100 cm³/mol. The number of amides is 1. The Morgan fingerprint density at radius 1 is 1.07 bits per heavy atom. The van der Waals surface area contributed by atoms with Crippen LogP contribution in [0.2, 0.25) is 0 Å². The Morgan fingerprint density at radius 3 is 2.52 bits per heavy atom. The monoisotopic (exact) mass is 364 g/mol. The quantitative estimate of drug-likeness (QED) is 0.711. The van der Waals surface area contributed by atoms with E-state index in [4.69, 9.17) is 9.47 Å². The van der Waals surface area contributed by atoms with Crippen molar-refractivity contribution in [3.8, 4) is 22.7 Å². The van der Waals surface area contributed by atoms with Crippen molar-refractivity contribution < 1.29 is 14.3 Å². The maximum atomic E-state index is 12.5. The van der Waals surface area contributed by atoms with Gasteiger partial charge in [0.05, 0.1) is 43.5 Å². The van der Waals surface area contributed by atoms with Gasteiger partial charge in [0.1, 0.15) is 5.75 Å². The van der Waals surface area contributed by atoms with Crippen molar-refractivity contribution >= 4 is 5.91 Å². The second-order valence-electron chi connectivity index (χ2n) is 6.21. The molecule has 1 amide bonds. The van der Waals surface area contributed by atoms with Gasteiger partial charge in [-0.05, 0) is 36.4 Å². The molecule has 0 atom stereocenters. The molecule has 0 bridgehead atoms. The van der Waals surface area contributed by atoms with Crippen LogP contribution in [-0.4, -0.2) is 59.0 Å². The van der Waals surface area contributed by atoms with Crippen molar-refractivity contribution in [3.63, 3.8) is 0 Å². The molecule has 4 rings (SSSR count). The highest BCUT2D eigenvalue weighted by Crippen LogP contribution is 2.20. The maximum Gasteiger partial charge on any atom is 0.255 e. The van der Waals surface area contributed by atoms with Crippen molar-refractivity contribution in [3.05, 3.63) is 60.6 Å². The number of carbonyl (C=O) groups is 1. The van der Waals surface area contributed by atoms with Crippen LogP contribution in [0.25, 0.3) is 16.9 Å². The van der Waals surface area contributed by atoms with E-state index in [0.717, 1.165) is 22.7 Å². The summed E-state index contributed by atoms with van der Waals surface area (Å²) in [5, 5.41) is 4.40. The number of ether oxygens (including phenoxy) is 2. The summed E-state index contributed by atoms with van der Waals surface area (Å²) >= 11 is 0. The van der Waals surface area contributed by atoms with Gasteiger partial charge < -0.3 is 14.4 Å². The predicted octanol–water partition coefficient (Wildman–Crippen LogP) is 2.42. The van der Waals surface area contributed by atoms with Gasteiger partial charge in [-0.15, -0.1) is 0 Å². The van der Waals surface area contributed by atoms with Crippen molar-refractivity contribution in [1.82, 2.24) is 19.7 Å². The van der Waals surface area contributed by atoms with Crippen LogP contribution in [0.1, 0.15) is 10.4 Å². The number of nitrogens with zero attached hydrogens (tertiary/aromatic N) is 4. The molecule has 2 aromatic heterocycles. The highest BCUT2D eigenvalue weighted by atomic mass is 16.5. The van der Waals surface area contributed by atoms with Crippen LogP contribution in [0.15, 0.2) is 55.0 Å². The molecular weight excluding hydrogens is 344 g/mol. The van der Waals surface area contributed by atoms with Gasteiger partial charge in [0.15, 0.2) is 0 Å². The van der Waals surface area contributed by atoms with Gasteiger partial charge in [-0.2, -0.15) is 5.10 Å². The first kappa shape index (κ1) is 17.2. The first-order valence-electron chi connectivity index (χ1n) is 8.77. The van der Waals surface area contributed by atoms with E-state index in [-0.39, 0.29) is 5.91 Å². The molecule has 1 fully saturated rings. The molecule has 0 aliphatic carbocycles. The zero-order valence-electron chi connectivity index (χ0n) is 15.0. The molecule has 1 aliphatic rings. The van der Waals surface area contributed by atoms with E-state index in [2.05, 4.69) is 10.1 Å². The van der Waals surface area contributed by atoms with Gasteiger partial charge in [-0.25, -0.2) is 4.68 Å². The molecule has 1 aliphatic heterocycles. The Kier molecular flexibility index (Phi) is 4.84. The highest BCUT2D eigenvalue weighted by Gasteiger charge is 2.18. The SMILES string of the molecule is COc1ccc(-n2cc(-c3ccc(C(=O)N4CCOCC4)cn3)cn2)cc1. The van der Waals surface area contributed by atoms with Crippen molar-refractivity contribution in [2.45, 2.75) is 0 Å². The van der Waals surface area contributed by atoms with E-state index in [1.54, 1.807) is 29.1 Å². The van der Waals surface area contributed by atoms with Crippen LogP contribution in [-0.2, 0) is 4.74 Å². The lowest BCUT2D eigenvalue weighted by Gasteiger charge is -2.26. The number of hydrogen-bond donors (Lipinski definition) is 0. The number of benzene rings is 1. The van der Waals surface area contributed by atoms with Crippen LogP contribution in [0.4, 0.5) is 0 Å². The summed E-state index contributed by atoms with van der Waals surface area (Å²) in [6.45, 7) is 2.41. The number of pyridine rings is 1. The first-order chi connectivity index (χ1) is 13.2. The standard InChI is InChI=1S/C20H20N4O3/c1-26-18-5-3-17(4-6-18)24-14-16(13-22-24)19-7-2-15(12-21-19)20(25)23-8-10-27-11-9-23/h2-7,12-14H,8-11H2,1H3. The third-order valence-corrected chi connectivity index (χ3v) is 4.52. The molecule has 0 N–H and O–H groups in total. The fraction of sp³-hybridized carbons (Fsp3) is 0.250. The van der Waals surface area contributed by atoms with E-state index in [0.29, 0.717) is 31.9 Å². The van der Waals surface area contributed by atoms with Crippen LogP contribution in [0.5, 0.6) is 5.75 Å². The molecule has 3 aromatic rings. The van der Waals surface area contributed by atoms with Crippen molar-refractivity contribution in [2.24, 2.45) is 0 Å². The van der Waals surface area contributed by atoms with Crippen LogP contribution in [0, 0.1) is 0 Å². The Balaban J connectivity index is 1.50. The third kappa shape index (κ3) is 3.68. The number of hydrogen-bond acceptors (Lipinski definition) is 5. The lowest BCUT2D eigenvalue weighted by molar-refractivity contribution is 0.0302. The van der Waals surface area contributed by atoms with E-state index < -0.39 is 0 Å². The average Bonchev–Trinajstić information content (AvgIpc) is 3.24. The lowest BCUT2D eigenvalue weighted by Crippen LogP contribution is -2.40. The number of aromatic nitrogens is 3. The molecule has 0 radical (unpaired) electrons. The Morgan fingerprint density at radius 2 is 1.85 bits per heavy atom. The molecule has 7 heteroatoms. The van der Waals surface area contributed by atoms with E-state index >= 15 is 0 Å². The van der Waals surface area contributed by atoms with Crippen LogP contribution >= 0.6 is 0 Å². The molecule has 3 heterocycles. The number of methoxy groups -OCH3 is 1. The number of carbonyl (C=O) groups excluding carboxylic acids is 1. The summed E-state index contributed by atoms with van der Waals surface area (Å²) in [4.78, 5) is 18.7. The maximum absolute atomic E-state index is 12.5. The zero-order chi connectivity index (χ0) is 18.6. The van der Waals surface area contributed by atoms with Crippen molar-refractivity contribution in [1.29, 1.82) is 0 Å². The third-order valence-electron chi connectivity index (χ3n) is 4.52. The number of morpholine rings is 1. The topological polar surface area (TPSA) is 69.5 Å². The highest BCUT2D eigenvalue weighted by molar-refractivity contribution is 5.94. The van der Waals surface area contributed by atoms with Gasteiger partial charge >= 0.3 is 0 Å². The Labute approximate surface area is 157 Å². The second-order valence-corrected chi connectivity index (χ2v) is 6.21. The van der Waals surface area contributed by atoms with E-state index in [1.165, 1.54) is 0 Å². The minimum absolute atomic E-state index is 0.00808. The molecule has 0 unspecified atom stereocenters. The van der Waals surface area contributed by atoms with Gasteiger partial charge in [0.2, 0.25) is 0 Å². The number of rotatable bonds is 4. The molecule has 27 heavy (non-hydrogen) atoms. The summed E-state index contributed by atoms with van der Waals surface area (Å²) in [5.74, 6) is 0.791. The normalized spacial score (nSPS) is 14.2. The summed E-state index contributed by atoms with van der Waals surface area (Å²) in [5.41, 5.74) is 3.17. The van der Waals surface area contributed by atoms with Gasteiger partial charge in [-0.1, -0.05) is 0 Å². The Hall–Kier alpha value is -3.19. The van der Waals surface area contributed by atoms with Crippen LogP contribution < -0.4 is 4.74 Å². The minimum atomic E-state index is -0.00808. The fourth-order valence-electron chi connectivity index (χ4n) is 2.97. The summed E-state index contributed by atoms with van der Waals surface area (Å²) < 4.78 is 12.2. The Bertz CT molecular complexity index is 913. The van der Waals surface area contributed by atoms with E-state index in [9.17, 15) is 4.79 Å².